The number of methoxy groups -OCH3 is 1. The number of ether oxygens (including phenoxy) is 2. The molecule has 4 nitrogen and oxygen atoms in total. The van der Waals surface area contributed by atoms with E-state index in [1.165, 1.54) is 19.3 Å². The van der Waals surface area contributed by atoms with Gasteiger partial charge in [0.1, 0.15) is 0 Å². The van der Waals surface area contributed by atoms with Crippen LogP contribution in [0.1, 0.15) is 51.9 Å². The van der Waals surface area contributed by atoms with Crippen LogP contribution in [0.15, 0.2) is 0 Å². The molecule has 19 heavy (non-hydrogen) atoms. The van der Waals surface area contributed by atoms with Gasteiger partial charge in [0.15, 0.2) is 0 Å². The van der Waals surface area contributed by atoms with Crippen molar-refractivity contribution in [2.45, 2.75) is 69.6 Å². The minimum atomic E-state index is -0.147. The Labute approximate surface area is 117 Å². The summed E-state index contributed by atoms with van der Waals surface area (Å²) in [6, 6.07) is 0. The predicted molar refractivity (Wildman–Crippen MR) is 77.4 cm³/mol. The summed E-state index contributed by atoms with van der Waals surface area (Å²) in [7, 11) is 3.69. The lowest BCUT2D eigenvalue weighted by Crippen LogP contribution is -2.43. The van der Waals surface area contributed by atoms with Crippen molar-refractivity contribution in [3.8, 4) is 0 Å². The first kappa shape index (κ1) is 16.9. The van der Waals surface area contributed by atoms with Crippen LogP contribution in [0.4, 0.5) is 0 Å². The molecule has 114 valence electrons. The second-order valence-electron chi connectivity index (χ2n) is 5.94. The fraction of sp³-hybridized carbons (Fsp3) is 1.00. The summed E-state index contributed by atoms with van der Waals surface area (Å²) < 4.78 is 11.3. The number of unbranched alkanes of at least 4 members (excludes halogenated alkanes) is 1. The summed E-state index contributed by atoms with van der Waals surface area (Å²) in [4.78, 5) is 0. The minimum Gasteiger partial charge on any atom is -0.394 e. The average Bonchev–Trinajstić information content (AvgIpc) is 2.47. The van der Waals surface area contributed by atoms with Gasteiger partial charge in [0.25, 0.3) is 0 Å². The highest BCUT2D eigenvalue weighted by molar-refractivity contribution is 4.80. The second kappa shape index (κ2) is 8.90. The predicted octanol–water partition coefficient (Wildman–Crippen LogP) is 2.10. The minimum absolute atomic E-state index is 0.147. The molecule has 3 atom stereocenters. The van der Waals surface area contributed by atoms with Crippen LogP contribution >= 0.6 is 0 Å². The Morgan fingerprint density at radius 2 is 2.00 bits per heavy atom. The van der Waals surface area contributed by atoms with Crippen molar-refractivity contribution in [1.82, 2.24) is 5.32 Å². The van der Waals surface area contributed by atoms with Crippen molar-refractivity contribution < 1.29 is 14.6 Å². The molecular formula is C15H31NO3. The van der Waals surface area contributed by atoms with Gasteiger partial charge in [-0.15, -0.1) is 0 Å². The molecule has 0 aromatic rings. The maximum absolute atomic E-state index is 9.29. The number of rotatable bonds is 9. The van der Waals surface area contributed by atoms with E-state index in [1.54, 1.807) is 7.11 Å². The van der Waals surface area contributed by atoms with Gasteiger partial charge in [-0.2, -0.15) is 0 Å². The van der Waals surface area contributed by atoms with Crippen molar-refractivity contribution >= 4 is 0 Å². The van der Waals surface area contributed by atoms with E-state index in [0.29, 0.717) is 12.2 Å². The van der Waals surface area contributed by atoms with Crippen molar-refractivity contribution in [3.05, 3.63) is 0 Å². The Balaban J connectivity index is 2.07. The van der Waals surface area contributed by atoms with Crippen molar-refractivity contribution in [2.24, 2.45) is 0 Å². The first-order valence-corrected chi connectivity index (χ1v) is 7.57. The van der Waals surface area contributed by atoms with E-state index in [1.807, 2.05) is 7.05 Å². The zero-order valence-electron chi connectivity index (χ0n) is 12.8. The molecule has 0 aliphatic heterocycles. The molecule has 0 bridgehead atoms. The van der Waals surface area contributed by atoms with Crippen LogP contribution in [-0.2, 0) is 9.47 Å². The van der Waals surface area contributed by atoms with Crippen LogP contribution in [0.25, 0.3) is 0 Å². The Hall–Kier alpha value is -0.160. The lowest BCUT2D eigenvalue weighted by Gasteiger charge is -2.29. The third-order valence-corrected chi connectivity index (χ3v) is 4.34. The fourth-order valence-electron chi connectivity index (χ4n) is 2.62. The van der Waals surface area contributed by atoms with Gasteiger partial charge in [-0.25, -0.2) is 0 Å². The molecule has 0 aromatic carbocycles. The molecular weight excluding hydrogens is 242 g/mol. The van der Waals surface area contributed by atoms with Gasteiger partial charge < -0.3 is 19.9 Å². The van der Waals surface area contributed by atoms with E-state index in [-0.39, 0.29) is 12.1 Å². The highest BCUT2D eigenvalue weighted by Gasteiger charge is 2.22. The Morgan fingerprint density at radius 3 is 2.63 bits per heavy atom. The van der Waals surface area contributed by atoms with E-state index in [2.05, 4.69) is 12.2 Å². The summed E-state index contributed by atoms with van der Waals surface area (Å²) >= 11 is 0. The molecule has 1 fully saturated rings. The maximum atomic E-state index is 9.29. The van der Waals surface area contributed by atoms with Gasteiger partial charge in [-0.3, -0.25) is 0 Å². The first-order valence-electron chi connectivity index (χ1n) is 7.57. The summed E-state index contributed by atoms with van der Waals surface area (Å²) in [6.07, 6.45) is 8.50. The molecule has 2 N–H and O–H groups in total. The van der Waals surface area contributed by atoms with E-state index in [4.69, 9.17) is 9.47 Å². The molecule has 1 rings (SSSR count). The molecule has 1 saturated carbocycles. The monoisotopic (exact) mass is 273 g/mol. The van der Waals surface area contributed by atoms with Crippen molar-refractivity contribution in [2.75, 3.05) is 27.4 Å². The van der Waals surface area contributed by atoms with Crippen LogP contribution in [0.2, 0.25) is 0 Å². The van der Waals surface area contributed by atoms with Crippen LogP contribution in [0.3, 0.4) is 0 Å². The van der Waals surface area contributed by atoms with Crippen molar-refractivity contribution in [1.29, 1.82) is 0 Å². The number of likely N-dealkylation sites (N-methyl/N-ethyl adjacent to an activating group) is 1. The second-order valence-corrected chi connectivity index (χ2v) is 5.94. The summed E-state index contributed by atoms with van der Waals surface area (Å²) in [5.74, 6) is 0. The molecule has 4 heteroatoms. The highest BCUT2D eigenvalue weighted by atomic mass is 16.5. The van der Waals surface area contributed by atoms with Crippen LogP contribution in [0.5, 0.6) is 0 Å². The van der Waals surface area contributed by atoms with Gasteiger partial charge in [0, 0.05) is 19.3 Å². The topological polar surface area (TPSA) is 50.7 Å². The largest absolute Gasteiger partial charge is 0.394 e. The maximum Gasteiger partial charge on any atom is 0.0610 e. The first-order chi connectivity index (χ1) is 9.13. The van der Waals surface area contributed by atoms with Gasteiger partial charge in [0.05, 0.1) is 18.8 Å². The standard InChI is InChI=1S/C15H31NO3/c1-15(12-17,16-2)9-4-5-10-19-14-8-6-7-13(11-14)18-3/h13-14,16-17H,4-12H2,1-3H3. The number of aliphatic hydroxyl groups is 1. The molecule has 0 aromatic heterocycles. The molecule has 3 unspecified atom stereocenters. The summed E-state index contributed by atoms with van der Waals surface area (Å²) in [5.41, 5.74) is -0.147. The molecule has 0 radical (unpaired) electrons. The van der Waals surface area contributed by atoms with Crippen LogP contribution < -0.4 is 5.32 Å². The van der Waals surface area contributed by atoms with E-state index in [0.717, 1.165) is 32.3 Å². The highest BCUT2D eigenvalue weighted by Crippen LogP contribution is 2.23. The number of hydrogen-bond acceptors (Lipinski definition) is 4. The quantitative estimate of drug-likeness (QED) is 0.632. The van der Waals surface area contributed by atoms with Crippen molar-refractivity contribution in [3.63, 3.8) is 0 Å². The van der Waals surface area contributed by atoms with E-state index in [9.17, 15) is 5.11 Å². The summed E-state index contributed by atoms with van der Waals surface area (Å²) in [5, 5.41) is 12.5. The average molecular weight is 273 g/mol. The molecule has 1 aliphatic rings. The Kier molecular flexibility index (Phi) is 7.91. The smallest absolute Gasteiger partial charge is 0.0610 e. The molecule has 0 saturated heterocycles. The Bertz CT molecular complexity index is 231. The lowest BCUT2D eigenvalue weighted by atomic mass is 9.94. The molecule has 0 spiro atoms. The number of nitrogens with one attached hydrogen (secondary N) is 1. The molecule has 0 amide bonds. The van der Waals surface area contributed by atoms with Gasteiger partial charge in [-0.1, -0.05) is 0 Å². The SMILES string of the molecule is CNC(C)(CO)CCCCOC1CCCC(OC)C1. The third-order valence-electron chi connectivity index (χ3n) is 4.34. The molecule has 1 aliphatic carbocycles. The van der Waals surface area contributed by atoms with Gasteiger partial charge >= 0.3 is 0 Å². The van der Waals surface area contributed by atoms with Gasteiger partial charge in [0.2, 0.25) is 0 Å². The number of aliphatic hydroxyl groups excluding tert-OH is 1. The van der Waals surface area contributed by atoms with E-state index < -0.39 is 0 Å². The van der Waals surface area contributed by atoms with Crippen LogP contribution in [0, 0.1) is 0 Å². The molecule has 0 heterocycles. The Morgan fingerprint density at radius 1 is 1.26 bits per heavy atom. The number of hydrogen-bond donors (Lipinski definition) is 2. The lowest BCUT2D eigenvalue weighted by molar-refractivity contribution is -0.0306. The van der Waals surface area contributed by atoms with Crippen LogP contribution in [-0.4, -0.2) is 50.2 Å². The normalized spacial score (nSPS) is 27.2. The zero-order chi connectivity index (χ0) is 14.1. The van der Waals surface area contributed by atoms with E-state index >= 15 is 0 Å². The third kappa shape index (κ3) is 6.21. The zero-order valence-corrected chi connectivity index (χ0v) is 12.8. The summed E-state index contributed by atoms with van der Waals surface area (Å²) in [6.45, 7) is 3.06. The fourth-order valence-corrected chi connectivity index (χ4v) is 2.62. The van der Waals surface area contributed by atoms with Gasteiger partial charge in [-0.05, 0) is 58.9 Å².